The molecule has 0 spiro atoms. The number of benzene rings is 2. The molecule has 0 fully saturated rings. The van der Waals surface area contributed by atoms with E-state index in [0.29, 0.717) is 29.0 Å². The Morgan fingerprint density at radius 2 is 2.00 bits per heavy atom. The highest BCUT2D eigenvalue weighted by atomic mass is 35.5. The van der Waals surface area contributed by atoms with Crippen molar-refractivity contribution in [2.45, 2.75) is 20.4 Å². The highest BCUT2D eigenvalue weighted by molar-refractivity contribution is 6.30. The van der Waals surface area contributed by atoms with E-state index in [4.69, 9.17) is 20.9 Å². The Kier molecular flexibility index (Phi) is 6.67. The molecule has 0 aliphatic carbocycles. The minimum atomic E-state index is -0.197. The lowest BCUT2D eigenvalue weighted by molar-refractivity contribution is -0.133. The number of nitrogens with zero attached hydrogens (tertiary/aromatic N) is 3. The molecule has 150 valence electrons. The number of hydrogen-bond donors (Lipinski definition) is 0. The van der Waals surface area contributed by atoms with Crippen molar-refractivity contribution >= 4 is 17.5 Å². The lowest BCUT2D eigenvalue weighted by Gasteiger charge is -2.19. The van der Waals surface area contributed by atoms with E-state index in [-0.39, 0.29) is 19.1 Å². The molecule has 3 aromatic rings. The minimum Gasteiger partial charge on any atom is -0.483 e. The van der Waals surface area contributed by atoms with Gasteiger partial charge in [0.15, 0.2) is 6.61 Å². The maximum atomic E-state index is 12.7. The molecular formula is C22H22ClN3O3. The third-order valence-corrected chi connectivity index (χ3v) is 4.76. The van der Waals surface area contributed by atoms with Crippen LogP contribution in [0, 0.1) is 13.8 Å². The van der Waals surface area contributed by atoms with Gasteiger partial charge in [0.05, 0.1) is 0 Å². The number of rotatable bonds is 8. The highest BCUT2D eigenvalue weighted by Crippen LogP contribution is 2.21. The topological polar surface area (TPSA) is 68.5 Å². The number of carbonyl (C=O) groups is 1. The number of aryl methyl sites for hydroxylation is 1. The SMILES string of the molecule is C=CCN(Cc1nc(-c2ccc(Cl)cc2)no1)C(=O)COc1cccc(C)c1C. The summed E-state index contributed by atoms with van der Waals surface area (Å²) in [5.41, 5.74) is 2.91. The van der Waals surface area contributed by atoms with Crippen molar-refractivity contribution in [3.63, 3.8) is 0 Å². The molecule has 29 heavy (non-hydrogen) atoms. The van der Waals surface area contributed by atoms with E-state index in [9.17, 15) is 4.79 Å². The molecule has 0 bridgehead atoms. The predicted molar refractivity (Wildman–Crippen MR) is 112 cm³/mol. The molecule has 1 heterocycles. The van der Waals surface area contributed by atoms with Gasteiger partial charge in [-0.1, -0.05) is 35.0 Å². The van der Waals surface area contributed by atoms with Crippen LogP contribution in [0.15, 0.2) is 59.6 Å². The van der Waals surface area contributed by atoms with Crippen LogP contribution in [0.3, 0.4) is 0 Å². The quantitative estimate of drug-likeness (QED) is 0.506. The molecule has 0 radical (unpaired) electrons. The monoisotopic (exact) mass is 411 g/mol. The number of amides is 1. The van der Waals surface area contributed by atoms with Gasteiger partial charge in [-0.05, 0) is 55.3 Å². The second-order valence-corrected chi connectivity index (χ2v) is 7.00. The van der Waals surface area contributed by atoms with Crippen molar-refractivity contribution in [1.82, 2.24) is 15.0 Å². The summed E-state index contributed by atoms with van der Waals surface area (Å²) in [4.78, 5) is 18.6. The summed E-state index contributed by atoms with van der Waals surface area (Å²) >= 11 is 5.91. The first-order valence-electron chi connectivity index (χ1n) is 9.14. The fourth-order valence-corrected chi connectivity index (χ4v) is 2.85. The Labute approximate surface area is 174 Å². The summed E-state index contributed by atoms with van der Waals surface area (Å²) in [5, 5.41) is 4.61. The zero-order valence-electron chi connectivity index (χ0n) is 16.4. The lowest BCUT2D eigenvalue weighted by atomic mass is 10.1. The first-order chi connectivity index (χ1) is 14.0. The van der Waals surface area contributed by atoms with E-state index >= 15 is 0 Å². The van der Waals surface area contributed by atoms with Gasteiger partial charge in [-0.15, -0.1) is 6.58 Å². The number of aromatic nitrogens is 2. The molecule has 2 aromatic carbocycles. The maximum absolute atomic E-state index is 12.7. The van der Waals surface area contributed by atoms with Crippen molar-refractivity contribution in [1.29, 1.82) is 0 Å². The van der Waals surface area contributed by atoms with Crippen LogP contribution in [0.4, 0.5) is 0 Å². The molecule has 0 unspecified atom stereocenters. The maximum Gasteiger partial charge on any atom is 0.261 e. The number of halogens is 1. The van der Waals surface area contributed by atoms with Crippen LogP contribution >= 0.6 is 11.6 Å². The first kappa shape index (κ1) is 20.6. The van der Waals surface area contributed by atoms with Gasteiger partial charge in [0, 0.05) is 17.1 Å². The molecule has 7 heteroatoms. The normalized spacial score (nSPS) is 10.6. The Balaban J connectivity index is 1.66. The van der Waals surface area contributed by atoms with Crippen molar-refractivity contribution in [2.75, 3.05) is 13.2 Å². The number of hydrogen-bond acceptors (Lipinski definition) is 5. The zero-order valence-corrected chi connectivity index (χ0v) is 17.1. The standard InChI is InChI=1S/C22H22ClN3O3/c1-4-12-26(21(27)14-28-19-7-5-6-15(2)16(19)3)13-20-24-22(25-29-20)17-8-10-18(23)11-9-17/h4-11H,1,12-14H2,2-3H3. The van der Waals surface area contributed by atoms with E-state index in [1.807, 2.05) is 44.2 Å². The fraction of sp³-hybridized carbons (Fsp3) is 0.227. The minimum absolute atomic E-state index is 0.0870. The molecule has 0 saturated carbocycles. The van der Waals surface area contributed by atoms with Crippen LogP contribution in [0.25, 0.3) is 11.4 Å². The van der Waals surface area contributed by atoms with Gasteiger partial charge in [-0.2, -0.15) is 4.98 Å². The third-order valence-electron chi connectivity index (χ3n) is 4.50. The number of ether oxygens (including phenoxy) is 1. The van der Waals surface area contributed by atoms with Gasteiger partial charge in [0.1, 0.15) is 12.3 Å². The predicted octanol–water partition coefficient (Wildman–Crippen LogP) is 4.60. The van der Waals surface area contributed by atoms with E-state index in [0.717, 1.165) is 16.7 Å². The van der Waals surface area contributed by atoms with Crippen molar-refractivity contribution in [2.24, 2.45) is 0 Å². The van der Waals surface area contributed by atoms with Gasteiger partial charge in [-0.3, -0.25) is 4.79 Å². The summed E-state index contributed by atoms with van der Waals surface area (Å²) < 4.78 is 11.0. The number of carbonyl (C=O) groups excluding carboxylic acids is 1. The second kappa shape index (κ2) is 9.39. The fourth-order valence-electron chi connectivity index (χ4n) is 2.72. The Hall–Kier alpha value is -3.12. The average Bonchev–Trinajstić information content (AvgIpc) is 3.17. The summed E-state index contributed by atoms with van der Waals surface area (Å²) in [6.45, 7) is 8.11. The third kappa shape index (κ3) is 5.23. The van der Waals surface area contributed by atoms with E-state index in [2.05, 4.69) is 16.7 Å². The lowest BCUT2D eigenvalue weighted by Crippen LogP contribution is -2.34. The Morgan fingerprint density at radius 3 is 2.72 bits per heavy atom. The smallest absolute Gasteiger partial charge is 0.261 e. The van der Waals surface area contributed by atoms with Gasteiger partial charge in [0.25, 0.3) is 5.91 Å². The van der Waals surface area contributed by atoms with Gasteiger partial charge in [0.2, 0.25) is 11.7 Å². The molecular weight excluding hydrogens is 390 g/mol. The molecule has 0 N–H and O–H groups in total. The largest absolute Gasteiger partial charge is 0.483 e. The molecule has 3 rings (SSSR count). The van der Waals surface area contributed by atoms with Crippen LogP contribution in [0.1, 0.15) is 17.0 Å². The Morgan fingerprint density at radius 1 is 1.24 bits per heavy atom. The average molecular weight is 412 g/mol. The van der Waals surface area contributed by atoms with Crippen molar-refractivity contribution in [3.05, 3.63) is 77.2 Å². The first-order valence-corrected chi connectivity index (χ1v) is 9.52. The summed E-state index contributed by atoms with van der Waals surface area (Å²) in [5.74, 6) is 1.27. The molecule has 1 amide bonds. The van der Waals surface area contributed by atoms with E-state index in [1.165, 1.54) is 0 Å². The summed E-state index contributed by atoms with van der Waals surface area (Å²) in [6, 6.07) is 12.9. The van der Waals surface area contributed by atoms with Gasteiger partial charge in [-0.25, -0.2) is 0 Å². The molecule has 1 aromatic heterocycles. The van der Waals surface area contributed by atoms with Crippen LogP contribution < -0.4 is 4.74 Å². The van der Waals surface area contributed by atoms with Crippen LogP contribution in [-0.2, 0) is 11.3 Å². The molecule has 0 aliphatic rings. The Bertz CT molecular complexity index is 999. The second-order valence-electron chi connectivity index (χ2n) is 6.57. The van der Waals surface area contributed by atoms with Crippen LogP contribution in [-0.4, -0.2) is 34.1 Å². The molecule has 6 nitrogen and oxygen atoms in total. The van der Waals surface area contributed by atoms with E-state index < -0.39 is 0 Å². The van der Waals surface area contributed by atoms with Gasteiger partial charge >= 0.3 is 0 Å². The zero-order chi connectivity index (χ0) is 20.8. The van der Waals surface area contributed by atoms with E-state index in [1.54, 1.807) is 23.1 Å². The van der Waals surface area contributed by atoms with Crippen molar-refractivity contribution in [3.8, 4) is 17.1 Å². The molecule has 0 atom stereocenters. The summed E-state index contributed by atoms with van der Waals surface area (Å²) in [6.07, 6.45) is 1.65. The highest BCUT2D eigenvalue weighted by Gasteiger charge is 2.18. The van der Waals surface area contributed by atoms with Crippen LogP contribution in [0.5, 0.6) is 5.75 Å². The van der Waals surface area contributed by atoms with Crippen LogP contribution in [0.2, 0.25) is 5.02 Å². The molecule has 0 aliphatic heterocycles. The van der Waals surface area contributed by atoms with Gasteiger partial charge < -0.3 is 14.2 Å². The molecule has 0 saturated heterocycles. The summed E-state index contributed by atoms with van der Waals surface area (Å²) in [7, 11) is 0. The van der Waals surface area contributed by atoms with Crippen molar-refractivity contribution < 1.29 is 14.1 Å².